The fraction of sp³-hybridized carbons (Fsp3) is 0.500. The zero-order valence-electron chi connectivity index (χ0n) is 10.7. The second-order valence-electron chi connectivity index (χ2n) is 4.61. The van der Waals surface area contributed by atoms with Gasteiger partial charge >= 0.3 is 0 Å². The molecule has 1 aromatic heterocycles. The van der Waals surface area contributed by atoms with E-state index >= 15 is 0 Å². The number of hydrogen-bond donors (Lipinski definition) is 0. The van der Waals surface area contributed by atoms with E-state index in [-0.39, 0.29) is 0 Å². The molecule has 0 aliphatic carbocycles. The van der Waals surface area contributed by atoms with Crippen molar-refractivity contribution in [1.29, 1.82) is 0 Å². The highest BCUT2D eigenvalue weighted by Crippen LogP contribution is 2.33. The summed E-state index contributed by atoms with van der Waals surface area (Å²) in [6, 6.07) is 0. The molecule has 18 heavy (non-hydrogen) atoms. The molecule has 0 spiro atoms. The van der Waals surface area contributed by atoms with Crippen LogP contribution in [0.1, 0.15) is 19.5 Å². The number of hydrogen-bond acceptors (Lipinski definition) is 5. The zero-order valence-corrected chi connectivity index (χ0v) is 13.7. The molecular weight excluding hydrogens is 361 g/mol. The van der Waals surface area contributed by atoms with Gasteiger partial charge in [0.05, 0.1) is 22.0 Å². The SMILES string of the molecule is CC(C)COc1nsnc1C1=C(I)N(C)CC=C1. The molecule has 0 bridgehead atoms. The van der Waals surface area contributed by atoms with Gasteiger partial charge in [0.1, 0.15) is 0 Å². The number of aromatic nitrogens is 2. The summed E-state index contributed by atoms with van der Waals surface area (Å²) in [4.78, 5) is 2.18. The van der Waals surface area contributed by atoms with Crippen molar-refractivity contribution >= 4 is 39.9 Å². The first-order valence-electron chi connectivity index (χ1n) is 5.82. The van der Waals surface area contributed by atoms with Crippen molar-refractivity contribution in [2.75, 3.05) is 20.2 Å². The van der Waals surface area contributed by atoms with Gasteiger partial charge in [-0.05, 0) is 28.5 Å². The van der Waals surface area contributed by atoms with Crippen LogP contribution in [0.3, 0.4) is 0 Å². The predicted molar refractivity (Wildman–Crippen MR) is 83.0 cm³/mol. The quantitative estimate of drug-likeness (QED) is 0.597. The lowest BCUT2D eigenvalue weighted by molar-refractivity contribution is 0.262. The number of halogens is 1. The van der Waals surface area contributed by atoms with E-state index in [0.717, 1.165) is 17.8 Å². The van der Waals surface area contributed by atoms with Crippen molar-refractivity contribution in [2.45, 2.75) is 13.8 Å². The summed E-state index contributed by atoms with van der Waals surface area (Å²) < 4.78 is 15.5. The Bertz CT molecular complexity index is 481. The van der Waals surface area contributed by atoms with Crippen LogP contribution in [-0.2, 0) is 0 Å². The van der Waals surface area contributed by atoms with Crippen molar-refractivity contribution in [1.82, 2.24) is 13.6 Å². The van der Waals surface area contributed by atoms with E-state index in [0.29, 0.717) is 18.4 Å². The molecule has 1 aliphatic heterocycles. The molecule has 0 saturated carbocycles. The monoisotopic (exact) mass is 377 g/mol. The van der Waals surface area contributed by atoms with Gasteiger partial charge < -0.3 is 9.64 Å². The maximum atomic E-state index is 5.72. The Morgan fingerprint density at radius 3 is 3.00 bits per heavy atom. The fourth-order valence-corrected chi connectivity index (χ4v) is 2.69. The van der Waals surface area contributed by atoms with Crippen LogP contribution in [-0.4, -0.2) is 33.8 Å². The molecule has 0 fully saturated rings. The van der Waals surface area contributed by atoms with Gasteiger partial charge in [0.2, 0.25) is 0 Å². The normalized spacial score (nSPS) is 15.7. The Kier molecular flexibility index (Phi) is 4.60. The second-order valence-corrected chi connectivity index (χ2v) is 6.16. The molecule has 2 heterocycles. The first-order valence-corrected chi connectivity index (χ1v) is 7.63. The molecular formula is C12H16IN3OS. The summed E-state index contributed by atoms with van der Waals surface area (Å²) in [6.45, 7) is 5.84. The Morgan fingerprint density at radius 2 is 2.28 bits per heavy atom. The second kappa shape index (κ2) is 6.01. The summed E-state index contributed by atoms with van der Waals surface area (Å²) in [5.74, 6) is 1.13. The van der Waals surface area contributed by atoms with E-state index in [1.54, 1.807) is 0 Å². The van der Waals surface area contributed by atoms with Crippen LogP contribution in [0.15, 0.2) is 15.9 Å². The largest absolute Gasteiger partial charge is 0.475 e. The number of likely N-dealkylation sites (N-methyl/N-ethyl adjacent to an activating group) is 1. The molecule has 0 radical (unpaired) electrons. The van der Waals surface area contributed by atoms with Crippen LogP contribution in [0.4, 0.5) is 0 Å². The molecule has 0 atom stereocenters. The molecule has 0 unspecified atom stereocenters. The van der Waals surface area contributed by atoms with Gasteiger partial charge in [-0.1, -0.05) is 26.0 Å². The smallest absolute Gasteiger partial charge is 0.254 e. The molecule has 1 aromatic rings. The Labute approximate surface area is 125 Å². The highest BCUT2D eigenvalue weighted by Gasteiger charge is 2.19. The minimum Gasteiger partial charge on any atom is -0.475 e. The van der Waals surface area contributed by atoms with E-state index in [4.69, 9.17) is 4.74 Å². The van der Waals surface area contributed by atoms with E-state index < -0.39 is 0 Å². The fourth-order valence-electron chi connectivity index (χ4n) is 1.55. The van der Waals surface area contributed by atoms with E-state index in [1.165, 1.54) is 15.4 Å². The Morgan fingerprint density at radius 1 is 1.50 bits per heavy atom. The van der Waals surface area contributed by atoms with Gasteiger partial charge in [-0.3, -0.25) is 0 Å². The van der Waals surface area contributed by atoms with Crippen LogP contribution in [0.5, 0.6) is 5.88 Å². The van der Waals surface area contributed by atoms with Gasteiger partial charge in [-0.25, -0.2) is 0 Å². The van der Waals surface area contributed by atoms with Gasteiger partial charge in [0, 0.05) is 19.2 Å². The molecule has 0 amide bonds. The van der Waals surface area contributed by atoms with Crippen molar-refractivity contribution in [3.8, 4) is 5.88 Å². The topological polar surface area (TPSA) is 38.3 Å². The van der Waals surface area contributed by atoms with Crippen molar-refractivity contribution in [3.63, 3.8) is 0 Å². The molecule has 1 aliphatic rings. The highest BCUT2D eigenvalue weighted by atomic mass is 127. The van der Waals surface area contributed by atoms with E-state index in [1.807, 2.05) is 0 Å². The lowest BCUT2D eigenvalue weighted by atomic mass is 10.1. The molecule has 4 nitrogen and oxygen atoms in total. The average Bonchev–Trinajstić information content (AvgIpc) is 2.78. The third kappa shape index (κ3) is 3.03. The molecule has 6 heteroatoms. The van der Waals surface area contributed by atoms with Crippen LogP contribution in [0.25, 0.3) is 5.57 Å². The maximum absolute atomic E-state index is 5.72. The number of nitrogens with zero attached hydrogens (tertiary/aromatic N) is 3. The molecule has 0 aromatic carbocycles. The van der Waals surface area contributed by atoms with Crippen molar-refractivity contribution in [3.05, 3.63) is 21.5 Å². The van der Waals surface area contributed by atoms with Crippen LogP contribution < -0.4 is 4.74 Å². The van der Waals surface area contributed by atoms with Gasteiger partial charge in [0.25, 0.3) is 5.88 Å². The highest BCUT2D eigenvalue weighted by molar-refractivity contribution is 14.1. The lowest BCUT2D eigenvalue weighted by Gasteiger charge is -2.22. The van der Waals surface area contributed by atoms with Gasteiger partial charge in [0.15, 0.2) is 5.69 Å². The minimum atomic E-state index is 0.483. The third-order valence-electron chi connectivity index (χ3n) is 2.49. The maximum Gasteiger partial charge on any atom is 0.254 e. The van der Waals surface area contributed by atoms with Crippen LogP contribution >= 0.6 is 34.3 Å². The van der Waals surface area contributed by atoms with Crippen LogP contribution in [0, 0.1) is 5.92 Å². The molecule has 0 N–H and O–H groups in total. The summed E-state index contributed by atoms with van der Waals surface area (Å²) in [5, 5.41) is 0. The summed E-state index contributed by atoms with van der Waals surface area (Å²) >= 11 is 3.54. The summed E-state index contributed by atoms with van der Waals surface area (Å²) in [5.41, 5.74) is 1.95. The molecule has 98 valence electrons. The van der Waals surface area contributed by atoms with Gasteiger partial charge in [-0.15, -0.1) is 4.37 Å². The van der Waals surface area contributed by atoms with E-state index in [9.17, 15) is 0 Å². The van der Waals surface area contributed by atoms with E-state index in [2.05, 4.69) is 69.3 Å². The Hall–Kier alpha value is -0.630. The molecule has 2 rings (SSSR count). The van der Waals surface area contributed by atoms with Crippen molar-refractivity contribution in [2.24, 2.45) is 5.92 Å². The number of rotatable bonds is 4. The van der Waals surface area contributed by atoms with Crippen molar-refractivity contribution < 1.29 is 4.74 Å². The average molecular weight is 377 g/mol. The summed E-state index contributed by atoms with van der Waals surface area (Å²) in [7, 11) is 2.07. The number of allylic oxidation sites excluding steroid dienone is 2. The van der Waals surface area contributed by atoms with Crippen LogP contribution in [0.2, 0.25) is 0 Å². The Balaban J connectivity index is 2.26. The predicted octanol–water partition coefficient (Wildman–Crippen LogP) is 3.18. The molecule has 0 saturated heterocycles. The standard InChI is InChI=1S/C12H16IN3OS/c1-8(2)7-17-12-10(14-18-15-12)9-5-4-6-16(3)11(9)13/h4-5,8H,6-7H2,1-3H3. The third-order valence-corrected chi connectivity index (χ3v) is 4.40. The summed E-state index contributed by atoms with van der Waals surface area (Å²) in [6.07, 6.45) is 4.23. The zero-order chi connectivity index (χ0) is 13.1. The minimum absolute atomic E-state index is 0.483. The lowest BCUT2D eigenvalue weighted by Crippen LogP contribution is -2.18. The number of ether oxygens (including phenoxy) is 1. The van der Waals surface area contributed by atoms with Gasteiger partial charge in [-0.2, -0.15) is 4.37 Å². The first kappa shape index (κ1) is 13.8. The first-order chi connectivity index (χ1) is 8.59.